The van der Waals surface area contributed by atoms with Gasteiger partial charge in [0.25, 0.3) is 0 Å². The van der Waals surface area contributed by atoms with Crippen LogP contribution in [0.1, 0.15) is 6.42 Å². The quantitative estimate of drug-likeness (QED) is 0.528. The maximum atomic E-state index is 9.24. The molecule has 0 aromatic carbocycles. The third-order valence-corrected chi connectivity index (χ3v) is 1.83. The summed E-state index contributed by atoms with van der Waals surface area (Å²) in [5.41, 5.74) is -0.721. The van der Waals surface area contributed by atoms with Crippen LogP contribution in [-0.2, 0) is 4.74 Å². The predicted octanol–water partition coefficient (Wildman–Crippen LogP) is 0.377. The monoisotopic (exact) mass is 136 g/mol. The van der Waals surface area contributed by atoms with Crippen molar-refractivity contribution in [3.8, 4) is 0 Å². The first-order valence-electron chi connectivity index (χ1n) is 2.63. The van der Waals surface area contributed by atoms with Crippen LogP contribution in [0.15, 0.2) is 0 Å². The Morgan fingerprint density at radius 3 is 2.75 bits per heavy atom. The maximum absolute atomic E-state index is 9.24. The molecule has 0 radical (unpaired) electrons. The van der Waals surface area contributed by atoms with Crippen molar-refractivity contribution >= 4 is 11.6 Å². The standard InChI is InChI=1S/C5H9ClO2/c6-3-5(7)1-2-8-4-5/h7H,1-4H2/t5-/m0/s1. The van der Waals surface area contributed by atoms with Crippen molar-refractivity contribution < 1.29 is 9.84 Å². The van der Waals surface area contributed by atoms with Crippen LogP contribution in [-0.4, -0.2) is 29.8 Å². The van der Waals surface area contributed by atoms with E-state index in [0.29, 0.717) is 19.6 Å². The molecule has 0 aromatic rings. The van der Waals surface area contributed by atoms with Crippen molar-refractivity contribution in [2.24, 2.45) is 0 Å². The van der Waals surface area contributed by atoms with Crippen LogP contribution >= 0.6 is 11.6 Å². The Labute approximate surface area is 53.4 Å². The van der Waals surface area contributed by atoms with Gasteiger partial charge in [-0.2, -0.15) is 0 Å². The average Bonchev–Trinajstić information content (AvgIpc) is 2.17. The van der Waals surface area contributed by atoms with Crippen LogP contribution in [0.3, 0.4) is 0 Å². The van der Waals surface area contributed by atoms with Gasteiger partial charge in [-0.25, -0.2) is 0 Å². The molecular formula is C5H9ClO2. The van der Waals surface area contributed by atoms with E-state index >= 15 is 0 Å². The van der Waals surface area contributed by atoms with E-state index in [2.05, 4.69) is 0 Å². The molecule has 0 spiro atoms. The predicted molar refractivity (Wildman–Crippen MR) is 31.1 cm³/mol. The van der Waals surface area contributed by atoms with Gasteiger partial charge >= 0.3 is 0 Å². The van der Waals surface area contributed by atoms with Crippen LogP contribution in [0.4, 0.5) is 0 Å². The molecule has 1 fully saturated rings. The van der Waals surface area contributed by atoms with Crippen molar-refractivity contribution in [2.75, 3.05) is 19.1 Å². The first-order chi connectivity index (χ1) is 3.77. The Hall–Kier alpha value is 0.210. The summed E-state index contributed by atoms with van der Waals surface area (Å²) in [7, 11) is 0. The van der Waals surface area contributed by atoms with Crippen LogP contribution in [0.25, 0.3) is 0 Å². The van der Waals surface area contributed by atoms with Crippen molar-refractivity contribution in [3.05, 3.63) is 0 Å². The zero-order valence-electron chi connectivity index (χ0n) is 4.56. The van der Waals surface area contributed by atoms with Crippen LogP contribution in [0.2, 0.25) is 0 Å². The van der Waals surface area contributed by atoms with Gasteiger partial charge in [0.15, 0.2) is 0 Å². The van der Waals surface area contributed by atoms with E-state index in [4.69, 9.17) is 16.3 Å². The van der Waals surface area contributed by atoms with Crippen molar-refractivity contribution in [2.45, 2.75) is 12.0 Å². The Morgan fingerprint density at radius 1 is 1.75 bits per heavy atom. The van der Waals surface area contributed by atoms with Crippen molar-refractivity contribution in [1.82, 2.24) is 0 Å². The summed E-state index contributed by atoms with van der Waals surface area (Å²) in [6, 6.07) is 0. The molecule has 1 saturated heterocycles. The summed E-state index contributed by atoms with van der Waals surface area (Å²) >= 11 is 5.42. The fourth-order valence-corrected chi connectivity index (χ4v) is 0.913. The Bertz CT molecular complexity index is 78.5. The minimum absolute atomic E-state index is 0.285. The van der Waals surface area contributed by atoms with Crippen LogP contribution in [0, 0.1) is 0 Å². The topological polar surface area (TPSA) is 29.5 Å². The molecule has 1 aliphatic heterocycles. The lowest BCUT2D eigenvalue weighted by atomic mass is 10.1. The minimum Gasteiger partial charge on any atom is -0.386 e. The molecule has 0 saturated carbocycles. The summed E-state index contributed by atoms with van der Waals surface area (Å²) in [5, 5.41) is 9.24. The van der Waals surface area contributed by atoms with E-state index < -0.39 is 5.60 Å². The molecule has 0 aromatic heterocycles. The van der Waals surface area contributed by atoms with Crippen LogP contribution < -0.4 is 0 Å². The number of rotatable bonds is 1. The first-order valence-corrected chi connectivity index (χ1v) is 3.16. The van der Waals surface area contributed by atoms with E-state index in [0.717, 1.165) is 0 Å². The van der Waals surface area contributed by atoms with Gasteiger partial charge in [-0.3, -0.25) is 0 Å². The summed E-state index contributed by atoms with van der Waals surface area (Å²) in [6.45, 7) is 1.04. The van der Waals surface area contributed by atoms with Crippen molar-refractivity contribution in [1.29, 1.82) is 0 Å². The Balaban J connectivity index is 2.40. The maximum Gasteiger partial charge on any atom is 0.104 e. The van der Waals surface area contributed by atoms with Crippen molar-refractivity contribution in [3.63, 3.8) is 0 Å². The molecular weight excluding hydrogens is 128 g/mol. The summed E-state index contributed by atoms with van der Waals surface area (Å²) < 4.78 is 4.92. The minimum atomic E-state index is -0.721. The highest BCUT2D eigenvalue weighted by molar-refractivity contribution is 6.18. The molecule has 0 amide bonds. The SMILES string of the molecule is O[C@]1(CCl)CCOC1. The molecule has 3 heteroatoms. The zero-order valence-corrected chi connectivity index (χ0v) is 5.32. The number of alkyl halides is 1. The molecule has 1 rings (SSSR count). The number of hydrogen-bond acceptors (Lipinski definition) is 2. The molecule has 48 valence electrons. The molecule has 1 heterocycles. The molecule has 2 nitrogen and oxygen atoms in total. The van der Waals surface area contributed by atoms with Gasteiger partial charge in [0.05, 0.1) is 12.5 Å². The molecule has 1 N–H and O–H groups in total. The van der Waals surface area contributed by atoms with Gasteiger partial charge < -0.3 is 9.84 Å². The van der Waals surface area contributed by atoms with E-state index in [-0.39, 0.29) is 5.88 Å². The van der Waals surface area contributed by atoms with Crippen LogP contribution in [0.5, 0.6) is 0 Å². The normalized spacial score (nSPS) is 38.2. The van der Waals surface area contributed by atoms with Gasteiger partial charge in [-0.15, -0.1) is 11.6 Å². The lowest BCUT2D eigenvalue weighted by Gasteiger charge is -2.14. The number of halogens is 1. The molecule has 0 aliphatic carbocycles. The highest BCUT2D eigenvalue weighted by Gasteiger charge is 2.30. The summed E-state index contributed by atoms with van der Waals surface area (Å²) in [6.07, 6.45) is 0.677. The number of hydrogen-bond donors (Lipinski definition) is 1. The molecule has 1 atom stereocenters. The second-order valence-corrected chi connectivity index (χ2v) is 2.43. The second kappa shape index (κ2) is 2.21. The molecule has 1 aliphatic rings. The lowest BCUT2D eigenvalue weighted by molar-refractivity contribution is 0.0465. The average molecular weight is 137 g/mol. The lowest BCUT2D eigenvalue weighted by Crippen LogP contribution is -2.30. The Kier molecular flexibility index (Phi) is 1.75. The highest BCUT2D eigenvalue weighted by atomic mass is 35.5. The molecule has 0 bridgehead atoms. The fourth-order valence-electron chi connectivity index (χ4n) is 0.702. The number of ether oxygens (including phenoxy) is 1. The number of aliphatic hydroxyl groups is 1. The largest absolute Gasteiger partial charge is 0.386 e. The highest BCUT2D eigenvalue weighted by Crippen LogP contribution is 2.18. The van der Waals surface area contributed by atoms with E-state index in [1.54, 1.807) is 0 Å². The van der Waals surface area contributed by atoms with E-state index in [1.165, 1.54) is 0 Å². The van der Waals surface area contributed by atoms with Gasteiger partial charge in [-0.1, -0.05) is 0 Å². The molecule has 0 unspecified atom stereocenters. The van der Waals surface area contributed by atoms with E-state index in [9.17, 15) is 5.11 Å². The second-order valence-electron chi connectivity index (χ2n) is 2.16. The van der Waals surface area contributed by atoms with Gasteiger partial charge in [0.1, 0.15) is 5.60 Å². The smallest absolute Gasteiger partial charge is 0.104 e. The van der Waals surface area contributed by atoms with Gasteiger partial charge in [0, 0.05) is 13.0 Å². The van der Waals surface area contributed by atoms with Gasteiger partial charge in [-0.05, 0) is 0 Å². The fraction of sp³-hybridized carbons (Fsp3) is 1.00. The third-order valence-electron chi connectivity index (χ3n) is 1.33. The summed E-state index contributed by atoms with van der Waals surface area (Å²) in [4.78, 5) is 0. The third kappa shape index (κ3) is 1.13. The zero-order chi connectivity index (χ0) is 6.04. The molecule has 8 heavy (non-hydrogen) atoms. The first kappa shape index (κ1) is 6.33. The van der Waals surface area contributed by atoms with Gasteiger partial charge in [0.2, 0.25) is 0 Å². The van der Waals surface area contributed by atoms with E-state index in [1.807, 2.05) is 0 Å². The summed E-state index contributed by atoms with van der Waals surface area (Å²) in [5.74, 6) is 0.285. The Morgan fingerprint density at radius 2 is 2.50 bits per heavy atom.